The highest BCUT2D eigenvalue weighted by molar-refractivity contribution is 5.81. The minimum Gasteiger partial charge on any atom is -0.481 e. The van der Waals surface area contributed by atoms with Gasteiger partial charge in [0.25, 0.3) is 0 Å². The van der Waals surface area contributed by atoms with E-state index in [1.54, 1.807) is 0 Å². The Bertz CT molecular complexity index is 228. The number of Topliss-reactive ketones (excluding diaryl/α,β-unsaturated/α-hetero) is 1. The monoisotopic (exact) mass is 206 g/mol. The second kappa shape index (κ2) is 8.06. The molecule has 0 fully saturated rings. The van der Waals surface area contributed by atoms with Crippen LogP contribution in [-0.2, 0) is 19.2 Å². The van der Waals surface area contributed by atoms with Gasteiger partial charge in [-0.3, -0.25) is 9.59 Å². The average molecular weight is 206 g/mol. The zero-order chi connectivity index (χ0) is 11.7. The summed E-state index contributed by atoms with van der Waals surface area (Å²) in [5, 5.41) is 25.7. The molecule has 0 aromatic heterocycles. The molecule has 80 valence electrons. The van der Waals surface area contributed by atoms with E-state index in [0.29, 0.717) is 0 Å². The number of carbonyl (C=O) groups excluding carboxylic acids is 3. The van der Waals surface area contributed by atoms with Gasteiger partial charge < -0.3 is 15.3 Å². The van der Waals surface area contributed by atoms with Crippen molar-refractivity contribution in [3.63, 3.8) is 0 Å². The fourth-order valence-corrected chi connectivity index (χ4v) is 0.561. The zero-order valence-corrected chi connectivity index (χ0v) is 7.34. The molecule has 7 heteroatoms. The molecule has 0 aliphatic carbocycles. The van der Waals surface area contributed by atoms with Crippen molar-refractivity contribution in [1.29, 1.82) is 0 Å². The molecule has 0 aromatic rings. The molecule has 0 amide bonds. The molecule has 0 aromatic carbocycles. The van der Waals surface area contributed by atoms with Gasteiger partial charge in [-0.05, 0) is 6.92 Å². The van der Waals surface area contributed by atoms with Crippen LogP contribution in [0.4, 0.5) is 0 Å². The number of hydrogen-bond donors (Lipinski definition) is 3. The van der Waals surface area contributed by atoms with Gasteiger partial charge in [-0.2, -0.15) is 9.59 Å². The lowest BCUT2D eigenvalue weighted by atomic mass is 10.1. The molecule has 0 radical (unpaired) electrons. The van der Waals surface area contributed by atoms with Crippen LogP contribution in [0.2, 0.25) is 0 Å². The first kappa shape index (κ1) is 14.9. The Morgan fingerprint density at radius 3 is 1.86 bits per heavy atom. The predicted octanol–water partition coefficient (Wildman–Crippen LogP) is -1.81. The number of aliphatic hydroxyl groups is 2. The van der Waals surface area contributed by atoms with Crippen molar-refractivity contribution < 1.29 is 34.5 Å². The number of aliphatic hydroxyl groups excluding tert-OH is 2. The summed E-state index contributed by atoms with van der Waals surface area (Å²) in [4.78, 5) is 36.6. The highest BCUT2D eigenvalue weighted by Crippen LogP contribution is 1.99. The number of ketones is 1. The Kier molecular flexibility index (Phi) is 8.60. The average Bonchev–Trinajstić information content (AvgIpc) is 2.02. The largest absolute Gasteiger partial charge is 0.481 e. The molecule has 0 saturated heterocycles. The smallest absolute Gasteiger partial charge is 0.373 e. The summed E-state index contributed by atoms with van der Waals surface area (Å²) in [6, 6.07) is 0. The van der Waals surface area contributed by atoms with E-state index in [-0.39, 0.29) is 6.15 Å². The molecular formula is C7H10O7. The molecule has 0 aliphatic rings. The molecule has 0 spiro atoms. The van der Waals surface area contributed by atoms with Crippen LogP contribution >= 0.6 is 0 Å². The molecule has 14 heavy (non-hydrogen) atoms. The first-order valence-corrected chi connectivity index (χ1v) is 3.44. The first-order chi connectivity index (χ1) is 6.36. The van der Waals surface area contributed by atoms with Crippen molar-refractivity contribution in [2.75, 3.05) is 0 Å². The van der Waals surface area contributed by atoms with E-state index in [1.165, 1.54) is 0 Å². The van der Waals surface area contributed by atoms with Crippen LogP contribution in [0.5, 0.6) is 0 Å². The van der Waals surface area contributed by atoms with E-state index in [2.05, 4.69) is 0 Å². The number of hydrogen-bond acceptors (Lipinski definition) is 6. The van der Waals surface area contributed by atoms with Gasteiger partial charge in [0.15, 0.2) is 5.78 Å². The van der Waals surface area contributed by atoms with Gasteiger partial charge in [-0.15, -0.1) is 0 Å². The summed E-state index contributed by atoms with van der Waals surface area (Å²) in [5.74, 6) is -1.89. The Morgan fingerprint density at radius 1 is 1.29 bits per heavy atom. The van der Waals surface area contributed by atoms with Gasteiger partial charge in [-0.25, -0.2) is 0 Å². The SMILES string of the molecule is CC(=O)[C@@H](O)C(O)CC(=O)O.O=C=O. The van der Waals surface area contributed by atoms with Crippen LogP contribution in [0.15, 0.2) is 0 Å². The minimum absolute atomic E-state index is 0.250. The molecule has 7 nitrogen and oxygen atoms in total. The third-order valence-corrected chi connectivity index (χ3v) is 1.16. The maximum absolute atomic E-state index is 10.4. The lowest BCUT2D eigenvalue weighted by molar-refractivity contribution is -0.191. The third-order valence-electron chi connectivity index (χ3n) is 1.16. The Hall–Kier alpha value is -1.56. The minimum atomic E-state index is -1.59. The topological polar surface area (TPSA) is 129 Å². The Morgan fingerprint density at radius 2 is 1.64 bits per heavy atom. The Balaban J connectivity index is 0. The van der Waals surface area contributed by atoms with Gasteiger partial charge in [0.05, 0.1) is 12.5 Å². The van der Waals surface area contributed by atoms with Crippen molar-refractivity contribution in [3.05, 3.63) is 0 Å². The van der Waals surface area contributed by atoms with E-state index < -0.39 is 30.4 Å². The second-order valence-corrected chi connectivity index (χ2v) is 2.30. The quantitative estimate of drug-likeness (QED) is 0.494. The first-order valence-electron chi connectivity index (χ1n) is 3.44. The third kappa shape index (κ3) is 8.54. The van der Waals surface area contributed by atoms with E-state index in [1.807, 2.05) is 0 Å². The molecule has 2 atom stereocenters. The number of carboxylic acids is 1. The molecule has 0 bridgehead atoms. The van der Waals surface area contributed by atoms with Crippen molar-refractivity contribution in [2.45, 2.75) is 25.6 Å². The molecule has 3 N–H and O–H groups in total. The summed E-state index contributed by atoms with van der Waals surface area (Å²) in [6.45, 7) is 1.08. The van der Waals surface area contributed by atoms with Gasteiger partial charge >= 0.3 is 12.1 Å². The standard InChI is InChI=1S/C6H10O5.CO2/c1-3(7)6(11)4(8)2-5(9)10;2-1-3/h4,6,8,11H,2H2,1H3,(H,9,10);/t4?,6-;/m1./s1. The molecule has 0 heterocycles. The fraction of sp³-hybridized carbons (Fsp3) is 0.571. The molecule has 1 unspecified atom stereocenters. The van der Waals surface area contributed by atoms with Gasteiger partial charge in [0.2, 0.25) is 0 Å². The fourth-order valence-electron chi connectivity index (χ4n) is 0.561. The van der Waals surface area contributed by atoms with Gasteiger partial charge in [0, 0.05) is 0 Å². The highest BCUT2D eigenvalue weighted by Gasteiger charge is 2.22. The highest BCUT2D eigenvalue weighted by atomic mass is 16.4. The van der Waals surface area contributed by atoms with Crippen LogP contribution in [-0.4, -0.2) is 45.4 Å². The summed E-state index contributed by atoms with van der Waals surface area (Å²) < 4.78 is 0. The summed E-state index contributed by atoms with van der Waals surface area (Å²) in [6.07, 6.45) is -3.48. The number of aliphatic carboxylic acids is 1. The van der Waals surface area contributed by atoms with Crippen molar-refractivity contribution in [1.82, 2.24) is 0 Å². The summed E-state index contributed by atoms with van der Waals surface area (Å²) >= 11 is 0. The zero-order valence-electron chi connectivity index (χ0n) is 7.34. The number of rotatable bonds is 4. The van der Waals surface area contributed by atoms with Crippen LogP contribution < -0.4 is 0 Å². The summed E-state index contributed by atoms with van der Waals surface area (Å²) in [5.41, 5.74) is 0. The number of carboxylic acid groups (broad SMARTS) is 1. The lowest BCUT2D eigenvalue weighted by Crippen LogP contribution is -2.33. The van der Waals surface area contributed by atoms with Gasteiger partial charge in [-0.1, -0.05) is 0 Å². The Labute approximate surface area is 79.0 Å². The van der Waals surface area contributed by atoms with Crippen LogP contribution in [0, 0.1) is 0 Å². The van der Waals surface area contributed by atoms with Crippen molar-refractivity contribution in [3.8, 4) is 0 Å². The maximum atomic E-state index is 10.4. The van der Waals surface area contributed by atoms with Crippen LogP contribution in [0.25, 0.3) is 0 Å². The van der Waals surface area contributed by atoms with E-state index in [9.17, 15) is 9.59 Å². The van der Waals surface area contributed by atoms with Crippen molar-refractivity contribution >= 4 is 17.9 Å². The molecule has 0 aliphatic heterocycles. The molecule has 0 saturated carbocycles. The molecule has 0 rings (SSSR count). The number of carbonyl (C=O) groups is 2. The summed E-state index contributed by atoms with van der Waals surface area (Å²) in [7, 11) is 0. The molecular weight excluding hydrogens is 196 g/mol. The predicted molar refractivity (Wildman–Crippen MR) is 40.0 cm³/mol. The van der Waals surface area contributed by atoms with Crippen LogP contribution in [0.1, 0.15) is 13.3 Å². The second-order valence-electron chi connectivity index (χ2n) is 2.30. The van der Waals surface area contributed by atoms with E-state index >= 15 is 0 Å². The van der Waals surface area contributed by atoms with E-state index in [4.69, 9.17) is 24.9 Å². The van der Waals surface area contributed by atoms with E-state index in [0.717, 1.165) is 6.92 Å². The van der Waals surface area contributed by atoms with Crippen molar-refractivity contribution in [2.24, 2.45) is 0 Å². The lowest BCUT2D eigenvalue weighted by Gasteiger charge is -2.11. The van der Waals surface area contributed by atoms with Crippen LogP contribution in [0.3, 0.4) is 0 Å². The maximum Gasteiger partial charge on any atom is 0.373 e. The van der Waals surface area contributed by atoms with Gasteiger partial charge in [0.1, 0.15) is 6.10 Å². The normalized spacial score (nSPS) is 12.8.